The maximum absolute atomic E-state index is 12.8. The minimum atomic E-state index is -3.67. The zero-order valence-electron chi connectivity index (χ0n) is 16.3. The first-order chi connectivity index (χ1) is 14.3. The third kappa shape index (κ3) is 3.29. The molecular weight excluding hydrogens is 428 g/mol. The van der Waals surface area contributed by atoms with Gasteiger partial charge < -0.3 is 9.84 Å². The average molecular weight is 447 g/mol. The van der Waals surface area contributed by atoms with Gasteiger partial charge >= 0.3 is 10.2 Å². The summed E-state index contributed by atoms with van der Waals surface area (Å²) >= 11 is 6.24. The van der Waals surface area contributed by atoms with Crippen LogP contribution in [0.5, 0.6) is 0 Å². The van der Waals surface area contributed by atoms with E-state index in [1.807, 2.05) is 0 Å². The predicted molar refractivity (Wildman–Crippen MR) is 115 cm³/mol. The number of rotatable bonds is 5. The summed E-state index contributed by atoms with van der Waals surface area (Å²) in [5.41, 5.74) is 2.37. The molecule has 0 aliphatic carbocycles. The van der Waals surface area contributed by atoms with Gasteiger partial charge in [-0.05, 0) is 25.1 Å². The maximum Gasteiger partial charge on any atom is 0.326 e. The number of hydrogen-bond donors (Lipinski definition) is 1. The van der Waals surface area contributed by atoms with Crippen LogP contribution in [0.25, 0.3) is 11.3 Å². The Labute approximate surface area is 179 Å². The van der Waals surface area contributed by atoms with E-state index in [2.05, 4.69) is 10.5 Å². The van der Waals surface area contributed by atoms with Gasteiger partial charge in [-0.15, -0.1) is 0 Å². The van der Waals surface area contributed by atoms with E-state index < -0.39 is 16.1 Å². The zero-order valence-corrected chi connectivity index (χ0v) is 17.9. The molecule has 1 aromatic heterocycles. The van der Waals surface area contributed by atoms with Gasteiger partial charge in [0, 0.05) is 19.2 Å². The summed E-state index contributed by atoms with van der Waals surface area (Å²) in [6, 6.07) is 14.0. The minimum absolute atomic E-state index is 0.0845. The molecule has 1 aliphatic heterocycles. The summed E-state index contributed by atoms with van der Waals surface area (Å²) in [4.78, 5) is 12.8. The van der Waals surface area contributed by atoms with Gasteiger partial charge in [0.25, 0.3) is 5.91 Å². The largest absolute Gasteiger partial charge is 0.360 e. The fourth-order valence-electron chi connectivity index (χ4n) is 3.41. The van der Waals surface area contributed by atoms with E-state index in [0.717, 1.165) is 0 Å². The molecule has 0 atom stereocenters. The lowest BCUT2D eigenvalue weighted by Crippen LogP contribution is -2.40. The van der Waals surface area contributed by atoms with Crippen LogP contribution in [0.3, 0.4) is 0 Å². The first-order valence-corrected chi connectivity index (χ1v) is 10.9. The second-order valence-electron chi connectivity index (χ2n) is 6.73. The Morgan fingerprint density at radius 3 is 2.53 bits per heavy atom. The number of benzene rings is 2. The number of aryl methyl sites for hydroxylation is 1. The fraction of sp³-hybridized carbons (Fsp3) is 0.200. The number of fused-ring (bicyclic) bond motifs is 1. The third-order valence-corrected chi connectivity index (χ3v) is 7.09. The number of anilines is 2. The maximum atomic E-state index is 12.8. The van der Waals surface area contributed by atoms with E-state index in [1.165, 1.54) is 15.7 Å². The van der Waals surface area contributed by atoms with Crippen LogP contribution in [0.1, 0.15) is 16.1 Å². The van der Waals surface area contributed by atoms with Gasteiger partial charge in [0.05, 0.1) is 22.9 Å². The van der Waals surface area contributed by atoms with Crippen LogP contribution in [0, 0.1) is 6.92 Å². The Balaban J connectivity index is 1.52. The molecule has 0 spiro atoms. The highest BCUT2D eigenvalue weighted by atomic mass is 35.5. The average Bonchev–Trinajstić information content (AvgIpc) is 3.19. The molecule has 2 aromatic carbocycles. The summed E-state index contributed by atoms with van der Waals surface area (Å²) in [6.45, 7) is 1.83. The van der Waals surface area contributed by atoms with E-state index >= 15 is 0 Å². The second-order valence-corrected chi connectivity index (χ2v) is 9.03. The summed E-state index contributed by atoms with van der Waals surface area (Å²) in [5, 5.41) is 7.19. The summed E-state index contributed by atoms with van der Waals surface area (Å²) in [7, 11) is -2.17. The normalized spacial score (nSPS) is 14.6. The lowest BCUT2D eigenvalue weighted by molar-refractivity contribution is 0.0954. The number of nitrogens with one attached hydrogen (secondary N) is 1. The molecule has 8 nitrogen and oxygen atoms in total. The van der Waals surface area contributed by atoms with Crippen molar-refractivity contribution in [3.05, 3.63) is 64.9 Å². The van der Waals surface area contributed by atoms with Crippen LogP contribution in [-0.4, -0.2) is 39.6 Å². The van der Waals surface area contributed by atoms with Crippen LogP contribution >= 0.6 is 11.6 Å². The first-order valence-electron chi connectivity index (χ1n) is 9.17. The lowest BCUT2D eigenvalue weighted by Gasteiger charge is -2.19. The molecule has 156 valence electrons. The van der Waals surface area contributed by atoms with E-state index in [1.54, 1.807) is 55.5 Å². The molecule has 0 saturated heterocycles. The van der Waals surface area contributed by atoms with Crippen molar-refractivity contribution < 1.29 is 17.7 Å². The Kier molecular flexibility index (Phi) is 5.17. The summed E-state index contributed by atoms with van der Waals surface area (Å²) in [5.74, 6) is -0.0665. The molecule has 0 radical (unpaired) electrons. The Hall–Kier alpha value is -3.04. The van der Waals surface area contributed by atoms with Crippen molar-refractivity contribution in [2.75, 3.05) is 28.7 Å². The van der Waals surface area contributed by atoms with Gasteiger partial charge in [-0.2, -0.15) is 8.42 Å². The quantitative estimate of drug-likeness (QED) is 0.649. The molecule has 0 unspecified atom stereocenters. The zero-order chi connectivity index (χ0) is 21.5. The van der Waals surface area contributed by atoms with Gasteiger partial charge in [-0.1, -0.05) is 47.1 Å². The SMILES string of the molecule is Cc1onc(-c2ccccc2Cl)c1C(=O)NCCN1c2ccccc2N(C)S1(=O)=O. The molecule has 4 rings (SSSR count). The summed E-state index contributed by atoms with van der Waals surface area (Å²) < 4.78 is 33.1. The molecule has 3 aromatic rings. The molecule has 1 aliphatic rings. The van der Waals surface area contributed by atoms with Crippen LogP contribution in [0.15, 0.2) is 53.1 Å². The topological polar surface area (TPSA) is 95.8 Å². The highest BCUT2D eigenvalue weighted by Crippen LogP contribution is 2.39. The first kappa shape index (κ1) is 20.2. The van der Waals surface area contributed by atoms with E-state index in [-0.39, 0.29) is 18.7 Å². The smallest absolute Gasteiger partial charge is 0.326 e. The third-order valence-electron chi connectivity index (χ3n) is 4.93. The number of carbonyl (C=O) groups is 1. The highest BCUT2D eigenvalue weighted by Gasteiger charge is 2.37. The predicted octanol–water partition coefficient (Wildman–Crippen LogP) is 3.23. The molecule has 0 fully saturated rings. The molecule has 30 heavy (non-hydrogen) atoms. The van der Waals surface area contributed by atoms with Crippen molar-refractivity contribution in [2.45, 2.75) is 6.92 Å². The van der Waals surface area contributed by atoms with Crippen molar-refractivity contribution >= 4 is 39.1 Å². The fourth-order valence-corrected chi connectivity index (χ4v) is 5.06. The number of amides is 1. The standard InChI is InChI=1S/C20H19ClN4O4S/c1-13-18(19(23-29-13)14-7-3-4-8-15(14)21)20(26)22-11-12-25-17-10-6-5-9-16(17)24(2)30(25,27)28/h3-10H,11-12H2,1-2H3,(H,22,26). The van der Waals surface area contributed by atoms with Crippen molar-refractivity contribution in [3.8, 4) is 11.3 Å². The van der Waals surface area contributed by atoms with Crippen LogP contribution in [0.2, 0.25) is 5.02 Å². The highest BCUT2D eigenvalue weighted by molar-refractivity contribution is 7.94. The van der Waals surface area contributed by atoms with Gasteiger partial charge in [-0.25, -0.2) is 4.31 Å². The van der Waals surface area contributed by atoms with Gasteiger partial charge in [0.2, 0.25) is 0 Å². The van der Waals surface area contributed by atoms with Crippen molar-refractivity contribution in [2.24, 2.45) is 0 Å². The Morgan fingerprint density at radius 1 is 1.13 bits per heavy atom. The number of aromatic nitrogens is 1. The number of hydrogen-bond acceptors (Lipinski definition) is 5. The Bertz CT molecular complexity index is 1230. The lowest BCUT2D eigenvalue weighted by atomic mass is 10.1. The van der Waals surface area contributed by atoms with Crippen molar-refractivity contribution in [1.82, 2.24) is 10.5 Å². The monoisotopic (exact) mass is 446 g/mol. The second kappa shape index (κ2) is 7.66. The van der Waals surface area contributed by atoms with Crippen molar-refractivity contribution in [1.29, 1.82) is 0 Å². The van der Waals surface area contributed by atoms with Gasteiger partial charge in [0.15, 0.2) is 0 Å². The number of carbonyl (C=O) groups excluding carboxylic acids is 1. The number of para-hydroxylation sites is 2. The molecule has 1 amide bonds. The van der Waals surface area contributed by atoms with Gasteiger partial charge in [-0.3, -0.25) is 9.10 Å². The molecular formula is C20H19ClN4O4S. The van der Waals surface area contributed by atoms with Gasteiger partial charge in [0.1, 0.15) is 17.0 Å². The van der Waals surface area contributed by atoms with Crippen LogP contribution in [-0.2, 0) is 10.2 Å². The van der Waals surface area contributed by atoms with Crippen LogP contribution < -0.4 is 13.9 Å². The molecule has 0 saturated carbocycles. The van der Waals surface area contributed by atoms with E-state index in [0.29, 0.717) is 33.4 Å². The number of nitrogens with zero attached hydrogens (tertiary/aromatic N) is 3. The summed E-state index contributed by atoms with van der Waals surface area (Å²) in [6.07, 6.45) is 0. The molecule has 1 N–H and O–H groups in total. The Morgan fingerprint density at radius 2 is 1.80 bits per heavy atom. The number of halogens is 1. The molecule has 0 bridgehead atoms. The van der Waals surface area contributed by atoms with E-state index in [4.69, 9.17) is 16.1 Å². The molecule has 10 heteroatoms. The van der Waals surface area contributed by atoms with Crippen molar-refractivity contribution in [3.63, 3.8) is 0 Å². The van der Waals surface area contributed by atoms with Crippen LogP contribution in [0.4, 0.5) is 11.4 Å². The van der Waals surface area contributed by atoms with E-state index in [9.17, 15) is 13.2 Å². The molecule has 2 heterocycles. The minimum Gasteiger partial charge on any atom is -0.360 e.